The number of hydrogen-bond acceptors (Lipinski definition) is 5. The molecule has 1 N–H and O–H groups in total. The summed E-state index contributed by atoms with van der Waals surface area (Å²) < 4.78 is 23.6. The van der Waals surface area contributed by atoms with Crippen LogP contribution in [0.4, 0.5) is 10.1 Å². The summed E-state index contributed by atoms with van der Waals surface area (Å²) in [4.78, 5) is 19.6. The van der Waals surface area contributed by atoms with Crippen LogP contribution in [-0.4, -0.2) is 56.5 Å². The molecule has 2 aliphatic rings. The molecule has 0 aromatic carbocycles. The van der Waals surface area contributed by atoms with Gasteiger partial charge in [-0.05, 0) is 69.4 Å². The third kappa shape index (κ3) is 7.11. The average Bonchev–Trinajstić information content (AvgIpc) is 3.40. The zero-order valence-corrected chi connectivity index (χ0v) is 18.4. The molecule has 30 heavy (non-hydrogen) atoms. The minimum Gasteiger partial charge on any atom is -0.476 e. The zero-order chi connectivity index (χ0) is 21.3. The number of hydrogen-bond donors (Lipinski definition) is 1. The van der Waals surface area contributed by atoms with Crippen molar-refractivity contribution in [3.63, 3.8) is 0 Å². The molecule has 0 bridgehead atoms. The van der Waals surface area contributed by atoms with Crippen LogP contribution in [0.1, 0.15) is 62.9 Å². The molecule has 1 amide bonds. The van der Waals surface area contributed by atoms with Gasteiger partial charge in [0.05, 0.1) is 19.0 Å². The summed E-state index contributed by atoms with van der Waals surface area (Å²) >= 11 is 0. The van der Waals surface area contributed by atoms with Crippen LogP contribution in [0, 0.1) is 11.8 Å². The lowest BCUT2D eigenvalue weighted by Gasteiger charge is -2.22. The Labute approximate surface area is 179 Å². The third-order valence-corrected chi connectivity index (χ3v) is 5.63. The van der Waals surface area contributed by atoms with Crippen LogP contribution in [0.15, 0.2) is 12.1 Å². The van der Waals surface area contributed by atoms with E-state index in [-0.39, 0.29) is 24.5 Å². The number of carbonyl (C=O) groups is 1. The van der Waals surface area contributed by atoms with Crippen molar-refractivity contribution in [1.82, 2.24) is 10.3 Å². The van der Waals surface area contributed by atoms with Gasteiger partial charge in [0.2, 0.25) is 5.88 Å². The minimum atomic E-state index is -0.350. The molecular formula is C23H36FN3O3. The van der Waals surface area contributed by atoms with Crippen LogP contribution < -0.4 is 15.0 Å². The molecule has 1 aliphatic heterocycles. The Morgan fingerprint density at radius 3 is 2.77 bits per heavy atom. The molecule has 1 saturated carbocycles. The molecule has 1 unspecified atom stereocenters. The van der Waals surface area contributed by atoms with Gasteiger partial charge in [0.25, 0.3) is 5.91 Å². The summed E-state index contributed by atoms with van der Waals surface area (Å²) in [5.74, 6) is 1.31. The molecule has 0 spiro atoms. The second-order valence-electron chi connectivity index (χ2n) is 8.80. The lowest BCUT2D eigenvalue weighted by atomic mass is 10.0. The maximum Gasteiger partial charge on any atom is 0.270 e. The van der Waals surface area contributed by atoms with E-state index in [4.69, 9.17) is 9.47 Å². The number of aromatic nitrogens is 1. The Bertz CT molecular complexity index is 678. The van der Waals surface area contributed by atoms with Gasteiger partial charge in [0.15, 0.2) is 0 Å². The van der Waals surface area contributed by atoms with Gasteiger partial charge in [-0.2, -0.15) is 0 Å². The van der Waals surface area contributed by atoms with Gasteiger partial charge in [0, 0.05) is 32.3 Å². The molecule has 3 rings (SSSR count). The van der Waals surface area contributed by atoms with E-state index in [1.54, 1.807) is 6.07 Å². The molecule has 1 aliphatic carbocycles. The lowest BCUT2D eigenvalue weighted by Crippen LogP contribution is -2.35. The third-order valence-electron chi connectivity index (χ3n) is 5.63. The van der Waals surface area contributed by atoms with Crippen LogP contribution >= 0.6 is 0 Å². The van der Waals surface area contributed by atoms with E-state index in [1.165, 1.54) is 25.7 Å². The molecule has 6 nitrogen and oxygen atoms in total. The van der Waals surface area contributed by atoms with E-state index in [0.717, 1.165) is 25.2 Å². The summed E-state index contributed by atoms with van der Waals surface area (Å²) in [5, 5.41) is 3.04. The molecular weight excluding hydrogens is 385 g/mol. The van der Waals surface area contributed by atoms with Crippen molar-refractivity contribution < 1.29 is 18.7 Å². The standard InChI is InChI=1S/C23H36FN3O3/c1-17(15-29-13-5-10-24)14-18(2)25-22(28)20-8-9-21(27-11-3-4-12-27)23(26-20)30-16-19-6-7-19/h8-9,17-19H,3-7,10-16H2,1-2H3,(H,25,28)/t17?,18-/m0/s1. The molecule has 7 heteroatoms. The number of rotatable bonds is 13. The number of anilines is 1. The molecule has 2 heterocycles. The number of pyridine rings is 1. The Morgan fingerprint density at radius 1 is 1.30 bits per heavy atom. The molecule has 2 atom stereocenters. The first-order chi connectivity index (χ1) is 14.6. The van der Waals surface area contributed by atoms with Gasteiger partial charge in [-0.15, -0.1) is 0 Å². The van der Waals surface area contributed by atoms with Crippen LogP contribution in [0.5, 0.6) is 5.88 Å². The van der Waals surface area contributed by atoms with E-state index >= 15 is 0 Å². The smallest absolute Gasteiger partial charge is 0.270 e. The average molecular weight is 422 g/mol. The van der Waals surface area contributed by atoms with Crippen molar-refractivity contribution in [3.05, 3.63) is 17.8 Å². The number of nitrogens with zero attached hydrogens (tertiary/aromatic N) is 2. The van der Waals surface area contributed by atoms with Crippen molar-refractivity contribution in [3.8, 4) is 5.88 Å². The number of carbonyl (C=O) groups excluding carboxylic acids is 1. The monoisotopic (exact) mass is 421 g/mol. The van der Waals surface area contributed by atoms with Gasteiger partial charge in [0.1, 0.15) is 5.69 Å². The molecule has 0 radical (unpaired) electrons. The Balaban J connectivity index is 1.55. The van der Waals surface area contributed by atoms with Crippen molar-refractivity contribution >= 4 is 11.6 Å². The minimum absolute atomic E-state index is 0.00633. The second kappa shape index (κ2) is 11.5. The van der Waals surface area contributed by atoms with Crippen LogP contribution in [0.3, 0.4) is 0 Å². The fourth-order valence-corrected chi connectivity index (χ4v) is 3.82. The lowest BCUT2D eigenvalue weighted by molar-refractivity contribution is 0.0862. The summed E-state index contributed by atoms with van der Waals surface area (Å²) in [7, 11) is 0. The maximum atomic E-state index is 12.8. The van der Waals surface area contributed by atoms with Crippen LogP contribution in [-0.2, 0) is 4.74 Å². The van der Waals surface area contributed by atoms with Crippen LogP contribution in [0.25, 0.3) is 0 Å². The van der Waals surface area contributed by atoms with Gasteiger partial charge in [-0.25, -0.2) is 4.98 Å². The number of alkyl halides is 1. The predicted octanol–water partition coefficient (Wildman–Crippen LogP) is 3.99. The van der Waals surface area contributed by atoms with E-state index in [9.17, 15) is 9.18 Å². The Kier molecular flexibility index (Phi) is 8.73. The molecule has 2 fully saturated rings. The highest BCUT2D eigenvalue weighted by Crippen LogP contribution is 2.33. The van der Waals surface area contributed by atoms with Crippen molar-refractivity contribution in [2.24, 2.45) is 11.8 Å². The summed E-state index contributed by atoms with van der Waals surface area (Å²) in [5.41, 5.74) is 1.39. The number of ether oxygens (including phenoxy) is 2. The first-order valence-corrected chi connectivity index (χ1v) is 11.4. The van der Waals surface area contributed by atoms with Gasteiger partial charge >= 0.3 is 0 Å². The van der Waals surface area contributed by atoms with Crippen molar-refractivity contribution in [2.45, 2.75) is 58.4 Å². The van der Waals surface area contributed by atoms with Crippen LogP contribution in [0.2, 0.25) is 0 Å². The van der Waals surface area contributed by atoms with Crippen molar-refractivity contribution in [2.75, 3.05) is 44.5 Å². The number of halogens is 1. The summed E-state index contributed by atoms with van der Waals surface area (Å²) in [6.45, 7) is 7.42. The summed E-state index contributed by atoms with van der Waals surface area (Å²) in [6, 6.07) is 3.76. The highest BCUT2D eigenvalue weighted by Gasteiger charge is 2.25. The van der Waals surface area contributed by atoms with E-state index in [0.29, 0.717) is 43.7 Å². The van der Waals surface area contributed by atoms with E-state index in [2.05, 4.69) is 22.1 Å². The Hall–Kier alpha value is -1.89. The molecule has 168 valence electrons. The SMILES string of the molecule is CC(COCCCF)C[C@H](C)NC(=O)c1ccc(N2CCCC2)c(OCC2CC2)n1. The number of nitrogens with one attached hydrogen (secondary N) is 1. The topological polar surface area (TPSA) is 63.7 Å². The van der Waals surface area contributed by atoms with Crippen molar-refractivity contribution in [1.29, 1.82) is 0 Å². The van der Waals surface area contributed by atoms with Gasteiger partial charge in [-0.1, -0.05) is 6.92 Å². The first-order valence-electron chi connectivity index (χ1n) is 11.4. The largest absolute Gasteiger partial charge is 0.476 e. The van der Waals surface area contributed by atoms with Gasteiger partial charge < -0.3 is 19.7 Å². The first kappa shape index (κ1) is 22.8. The van der Waals surface area contributed by atoms with E-state index < -0.39 is 0 Å². The predicted molar refractivity (Wildman–Crippen MR) is 116 cm³/mol. The summed E-state index contributed by atoms with van der Waals surface area (Å²) in [6.07, 6.45) is 6.01. The quantitative estimate of drug-likeness (QED) is 0.488. The number of amides is 1. The van der Waals surface area contributed by atoms with Gasteiger partial charge in [-0.3, -0.25) is 9.18 Å². The highest BCUT2D eigenvalue weighted by molar-refractivity contribution is 5.93. The molecule has 1 aromatic heterocycles. The second-order valence-corrected chi connectivity index (χ2v) is 8.80. The highest BCUT2D eigenvalue weighted by atomic mass is 19.1. The fraction of sp³-hybridized carbons (Fsp3) is 0.739. The normalized spacial score (nSPS) is 18.3. The molecule has 1 aromatic rings. The zero-order valence-electron chi connectivity index (χ0n) is 18.4. The molecule has 1 saturated heterocycles. The van der Waals surface area contributed by atoms with E-state index in [1.807, 2.05) is 13.0 Å². The maximum absolute atomic E-state index is 12.8. The fourth-order valence-electron chi connectivity index (χ4n) is 3.82. The Morgan fingerprint density at radius 2 is 2.07 bits per heavy atom.